The molecule has 0 aliphatic heterocycles. The maximum absolute atomic E-state index is 8.67. The third-order valence-corrected chi connectivity index (χ3v) is 0. The number of rotatable bonds is 0. The molecule has 2 N–H and O–H groups in total. The van der Waals surface area contributed by atoms with Crippen LogP contribution in [0.15, 0.2) is 0 Å². The van der Waals surface area contributed by atoms with E-state index in [1.807, 2.05) is 0 Å². The van der Waals surface area contributed by atoms with Crippen molar-refractivity contribution in [3.8, 4) is 0 Å². The van der Waals surface area contributed by atoms with Gasteiger partial charge in [-0.25, -0.2) is 0 Å². The molecule has 5 heteroatoms. The SMILES string of the molecule is O=S(O)O.[CH3-].[Na+]. The van der Waals surface area contributed by atoms with Gasteiger partial charge in [-0.05, 0) is 0 Å². The second kappa shape index (κ2) is 9.42. The first-order valence-corrected chi connectivity index (χ1v) is 1.60. The fraction of sp³-hybridized carbons (Fsp3) is 0. The van der Waals surface area contributed by atoms with E-state index in [1.54, 1.807) is 0 Å². The molecule has 0 aromatic heterocycles. The van der Waals surface area contributed by atoms with E-state index in [0.29, 0.717) is 0 Å². The van der Waals surface area contributed by atoms with E-state index in [2.05, 4.69) is 0 Å². The van der Waals surface area contributed by atoms with Gasteiger partial charge in [-0.2, -0.15) is 4.21 Å². The van der Waals surface area contributed by atoms with Gasteiger partial charge in [0, 0.05) is 0 Å². The molecule has 0 saturated heterocycles. The quantitative estimate of drug-likeness (QED) is 0.205. The summed E-state index contributed by atoms with van der Waals surface area (Å²) in [6.07, 6.45) is 0. The molecular formula is CH5NaO3S. The molecule has 0 heterocycles. The van der Waals surface area contributed by atoms with Crippen molar-refractivity contribution in [2.24, 2.45) is 0 Å². The Morgan fingerprint density at radius 3 is 1.33 bits per heavy atom. The third kappa shape index (κ3) is 73.4. The van der Waals surface area contributed by atoms with Crippen LogP contribution < -0.4 is 29.6 Å². The van der Waals surface area contributed by atoms with E-state index in [9.17, 15) is 0 Å². The van der Waals surface area contributed by atoms with Gasteiger partial charge in [0.2, 0.25) is 0 Å². The Hall–Kier alpha value is 1.07. The van der Waals surface area contributed by atoms with E-state index in [-0.39, 0.29) is 37.0 Å². The van der Waals surface area contributed by atoms with Gasteiger partial charge < -0.3 is 7.43 Å². The standard InChI is InChI=1S/CH3.Na.H2O3S/c;;1-4(2)3/h1H3;;(H2,1,2,3)/q-1;+1;. The molecule has 0 amide bonds. The van der Waals surface area contributed by atoms with Gasteiger partial charge in [-0.3, -0.25) is 9.11 Å². The minimum absolute atomic E-state index is 0. The summed E-state index contributed by atoms with van der Waals surface area (Å²) < 4.78 is 22.8. The van der Waals surface area contributed by atoms with E-state index in [1.165, 1.54) is 0 Å². The van der Waals surface area contributed by atoms with E-state index >= 15 is 0 Å². The average Bonchev–Trinajstić information content (AvgIpc) is 0.811. The summed E-state index contributed by atoms with van der Waals surface area (Å²) in [6.45, 7) is 0. The van der Waals surface area contributed by atoms with Crippen molar-refractivity contribution >= 4 is 11.4 Å². The molecule has 34 valence electrons. The normalized spacial score (nSPS) is 5.83. The summed E-state index contributed by atoms with van der Waals surface area (Å²) in [5, 5.41) is 0. The molecule has 0 aliphatic rings. The predicted octanol–water partition coefficient (Wildman–Crippen LogP) is -2.86. The Bertz CT molecular complexity index is 33.8. The minimum Gasteiger partial charge on any atom is -0.358 e. The van der Waals surface area contributed by atoms with E-state index in [4.69, 9.17) is 13.3 Å². The van der Waals surface area contributed by atoms with Crippen LogP contribution in [0.1, 0.15) is 0 Å². The molecule has 0 aliphatic carbocycles. The molecule has 0 atom stereocenters. The first-order valence-electron chi connectivity index (χ1n) is 0.532. The van der Waals surface area contributed by atoms with Crippen LogP contribution in [0.4, 0.5) is 0 Å². The van der Waals surface area contributed by atoms with Crippen LogP contribution in [0.3, 0.4) is 0 Å². The molecule has 0 unspecified atom stereocenters. The van der Waals surface area contributed by atoms with E-state index in [0.717, 1.165) is 0 Å². The van der Waals surface area contributed by atoms with Crippen molar-refractivity contribution in [3.05, 3.63) is 7.43 Å². The largest absolute Gasteiger partial charge is 1.00 e. The van der Waals surface area contributed by atoms with Crippen LogP contribution in [0.25, 0.3) is 0 Å². The van der Waals surface area contributed by atoms with E-state index < -0.39 is 11.4 Å². The Balaban J connectivity index is -0.0000000450. The van der Waals surface area contributed by atoms with Gasteiger partial charge in [-0.1, -0.05) is 0 Å². The smallest absolute Gasteiger partial charge is 0.358 e. The van der Waals surface area contributed by atoms with Crippen LogP contribution in [-0.4, -0.2) is 13.3 Å². The summed E-state index contributed by atoms with van der Waals surface area (Å²) in [4.78, 5) is 0. The molecule has 0 aromatic rings. The summed E-state index contributed by atoms with van der Waals surface area (Å²) in [5.41, 5.74) is 0. The summed E-state index contributed by atoms with van der Waals surface area (Å²) in [5.74, 6) is 0. The Morgan fingerprint density at radius 2 is 1.33 bits per heavy atom. The Morgan fingerprint density at radius 1 is 1.33 bits per heavy atom. The van der Waals surface area contributed by atoms with Crippen molar-refractivity contribution in [1.29, 1.82) is 0 Å². The molecule has 3 nitrogen and oxygen atoms in total. The monoisotopic (exact) mass is 120 g/mol. The summed E-state index contributed by atoms with van der Waals surface area (Å²) in [6, 6.07) is 0. The van der Waals surface area contributed by atoms with Gasteiger partial charge in [0.15, 0.2) is 0 Å². The van der Waals surface area contributed by atoms with Crippen LogP contribution in [0.2, 0.25) is 0 Å². The van der Waals surface area contributed by atoms with Gasteiger partial charge >= 0.3 is 29.6 Å². The average molecular weight is 120 g/mol. The molecule has 0 fully saturated rings. The van der Waals surface area contributed by atoms with Crippen molar-refractivity contribution in [2.75, 3.05) is 0 Å². The first kappa shape index (κ1) is 15.7. The van der Waals surface area contributed by atoms with Gasteiger partial charge in [0.05, 0.1) is 0 Å². The minimum atomic E-state index is -2.61. The van der Waals surface area contributed by atoms with Crippen molar-refractivity contribution in [1.82, 2.24) is 0 Å². The molecule has 0 rings (SSSR count). The van der Waals surface area contributed by atoms with Gasteiger partial charge in [0.25, 0.3) is 11.4 Å². The van der Waals surface area contributed by atoms with Crippen LogP contribution in [0, 0.1) is 7.43 Å². The fourth-order valence-electron chi connectivity index (χ4n) is 0. The molecular weight excluding hydrogens is 115 g/mol. The molecule has 0 spiro atoms. The molecule has 0 radical (unpaired) electrons. The van der Waals surface area contributed by atoms with Crippen molar-refractivity contribution < 1.29 is 42.9 Å². The zero-order valence-electron chi connectivity index (χ0n) is 3.71. The predicted molar refractivity (Wildman–Crippen MR) is 19.8 cm³/mol. The van der Waals surface area contributed by atoms with Crippen molar-refractivity contribution in [3.63, 3.8) is 0 Å². The zero-order valence-corrected chi connectivity index (χ0v) is 6.53. The molecule has 0 bridgehead atoms. The van der Waals surface area contributed by atoms with Crippen LogP contribution in [-0.2, 0) is 11.4 Å². The van der Waals surface area contributed by atoms with Gasteiger partial charge in [0.1, 0.15) is 0 Å². The third-order valence-electron chi connectivity index (χ3n) is 0. The maximum Gasteiger partial charge on any atom is 1.00 e. The van der Waals surface area contributed by atoms with Crippen LogP contribution in [0.5, 0.6) is 0 Å². The number of hydrogen-bond donors (Lipinski definition) is 2. The topological polar surface area (TPSA) is 57.5 Å². The second-order valence-electron chi connectivity index (χ2n) is 0.231. The molecule has 0 aromatic carbocycles. The second-order valence-corrected chi connectivity index (χ2v) is 0.692. The van der Waals surface area contributed by atoms with Crippen molar-refractivity contribution in [2.45, 2.75) is 0 Å². The molecule has 0 saturated carbocycles. The summed E-state index contributed by atoms with van der Waals surface area (Å²) in [7, 11) is 0. The Kier molecular flexibility index (Phi) is 24.7. The number of hydrogen-bond acceptors (Lipinski definition) is 1. The molecule has 6 heavy (non-hydrogen) atoms. The Labute approximate surface area is 61.5 Å². The van der Waals surface area contributed by atoms with Crippen LogP contribution >= 0.6 is 0 Å². The maximum atomic E-state index is 8.67. The summed E-state index contributed by atoms with van der Waals surface area (Å²) >= 11 is -2.61. The van der Waals surface area contributed by atoms with Gasteiger partial charge in [-0.15, -0.1) is 0 Å². The zero-order chi connectivity index (χ0) is 3.58. The first-order chi connectivity index (χ1) is 1.73. The fourth-order valence-corrected chi connectivity index (χ4v) is 0.